The van der Waals surface area contributed by atoms with Crippen molar-refractivity contribution >= 4 is 17.5 Å². The fraction of sp³-hybridized carbons (Fsp3) is 0.250. The number of ether oxygens (including phenoxy) is 1. The molecule has 0 unspecified atom stereocenters. The van der Waals surface area contributed by atoms with E-state index in [0.717, 1.165) is 11.3 Å². The highest BCUT2D eigenvalue weighted by Gasteiger charge is 2.49. The van der Waals surface area contributed by atoms with E-state index >= 15 is 0 Å². The second kappa shape index (κ2) is 3.52. The number of β-lactam (4-membered cyclic amide) rings is 1. The Hall–Kier alpha value is -1.48. The number of carbonyl (C=O) groups excluding carboxylic acids is 1. The summed E-state index contributed by atoms with van der Waals surface area (Å²) in [5.74, 6) is 0.828. The summed E-state index contributed by atoms with van der Waals surface area (Å²) >= 11 is 5.78. The van der Waals surface area contributed by atoms with Crippen molar-refractivity contribution in [2.45, 2.75) is 12.6 Å². The van der Waals surface area contributed by atoms with Crippen molar-refractivity contribution in [1.29, 1.82) is 0 Å². The van der Waals surface area contributed by atoms with Gasteiger partial charge in [0.1, 0.15) is 18.3 Å². The Kier molecular flexibility index (Phi) is 2.14. The van der Waals surface area contributed by atoms with Crippen LogP contribution in [0.2, 0.25) is 5.02 Å². The Labute approximate surface area is 98.0 Å². The second-order valence-corrected chi connectivity index (χ2v) is 4.43. The van der Waals surface area contributed by atoms with Crippen LogP contribution in [0.4, 0.5) is 0 Å². The highest BCUT2D eigenvalue weighted by Crippen LogP contribution is 2.35. The van der Waals surface area contributed by atoms with Crippen molar-refractivity contribution < 1.29 is 9.53 Å². The molecule has 0 bridgehead atoms. The average molecular weight is 236 g/mol. The minimum atomic E-state index is -0.0349. The summed E-state index contributed by atoms with van der Waals surface area (Å²) in [5.41, 5.74) is 1.05. The van der Waals surface area contributed by atoms with E-state index in [4.69, 9.17) is 16.3 Å². The van der Waals surface area contributed by atoms with E-state index in [2.05, 4.69) is 5.32 Å². The van der Waals surface area contributed by atoms with Gasteiger partial charge in [-0.15, -0.1) is 0 Å². The van der Waals surface area contributed by atoms with E-state index in [1.54, 1.807) is 0 Å². The highest BCUT2D eigenvalue weighted by atomic mass is 35.5. The lowest BCUT2D eigenvalue weighted by molar-refractivity contribution is -0.136. The highest BCUT2D eigenvalue weighted by molar-refractivity contribution is 6.30. The number of halogens is 1. The van der Waals surface area contributed by atoms with Crippen molar-refractivity contribution in [3.05, 3.63) is 46.7 Å². The van der Waals surface area contributed by atoms with Gasteiger partial charge in [-0.3, -0.25) is 4.79 Å². The number of hydrogen-bond acceptors (Lipinski definition) is 2. The Bertz CT molecular complexity index is 466. The third kappa shape index (κ3) is 1.48. The fourth-order valence-electron chi connectivity index (χ4n) is 1.90. The van der Waals surface area contributed by atoms with E-state index in [1.807, 2.05) is 30.3 Å². The van der Waals surface area contributed by atoms with Gasteiger partial charge in [0.05, 0.1) is 6.04 Å². The molecule has 0 spiro atoms. The molecule has 1 N–H and O–H groups in total. The molecule has 3 nitrogen and oxygen atoms in total. The number of rotatable bonds is 3. The van der Waals surface area contributed by atoms with Gasteiger partial charge in [-0.25, -0.2) is 0 Å². The van der Waals surface area contributed by atoms with Crippen LogP contribution in [0.5, 0.6) is 0 Å². The summed E-state index contributed by atoms with van der Waals surface area (Å²) in [6, 6.07) is 7.70. The lowest BCUT2D eigenvalue weighted by Gasteiger charge is -2.43. The average Bonchev–Trinajstić information content (AvgIpc) is 2.24. The van der Waals surface area contributed by atoms with Crippen molar-refractivity contribution in [2.24, 2.45) is 5.92 Å². The molecular weight excluding hydrogens is 226 g/mol. The first-order chi connectivity index (χ1) is 7.74. The zero-order chi connectivity index (χ0) is 11.1. The Morgan fingerprint density at radius 3 is 2.69 bits per heavy atom. The number of fused-ring (bicyclic) bond motifs is 1. The first-order valence-electron chi connectivity index (χ1n) is 5.13. The van der Waals surface area contributed by atoms with Crippen LogP contribution in [0, 0.1) is 5.92 Å². The van der Waals surface area contributed by atoms with Gasteiger partial charge in [0, 0.05) is 5.02 Å². The number of nitrogens with one attached hydrogen (secondary N) is 1. The molecular formula is C12H10ClNO2. The standard InChI is InChI=1S/C12H10ClNO2/c13-8-3-1-7(2-4-8)6-16-10-5-9-11(10)12(15)14-9/h1-5,9,11H,6H2,(H,14,15)/t9-,11-/m1/s1. The first kappa shape index (κ1) is 9.73. The van der Waals surface area contributed by atoms with Crippen molar-refractivity contribution in [3.8, 4) is 0 Å². The van der Waals surface area contributed by atoms with Gasteiger partial charge in [0.25, 0.3) is 0 Å². The number of benzene rings is 1. The van der Waals surface area contributed by atoms with Crippen LogP contribution in [0.15, 0.2) is 36.1 Å². The first-order valence-corrected chi connectivity index (χ1v) is 5.51. The summed E-state index contributed by atoms with van der Waals surface area (Å²) in [4.78, 5) is 11.1. The molecule has 82 valence electrons. The maximum atomic E-state index is 11.1. The van der Waals surface area contributed by atoms with Gasteiger partial charge < -0.3 is 10.1 Å². The van der Waals surface area contributed by atoms with E-state index in [1.165, 1.54) is 0 Å². The summed E-state index contributed by atoms with van der Waals surface area (Å²) in [6.07, 6.45) is 1.95. The molecule has 2 aliphatic rings. The molecule has 0 aromatic heterocycles. The molecule has 3 rings (SSSR count). The van der Waals surface area contributed by atoms with E-state index in [-0.39, 0.29) is 17.9 Å². The van der Waals surface area contributed by atoms with Crippen LogP contribution in [0.3, 0.4) is 0 Å². The zero-order valence-electron chi connectivity index (χ0n) is 8.44. The largest absolute Gasteiger partial charge is 0.493 e. The predicted molar refractivity (Wildman–Crippen MR) is 59.7 cm³/mol. The van der Waals surface area contributed by atoms with Crippen LogP contribution < -0.4 is 5.32 Å². The van der Waals surface area contributed by atoms with Crippen molar-refractivity contribution in [1.82, 2.24) is 5.32 Å². The molecule has 1 aliphatic heterocycles. The van der Waals surface area contributed by atoms with Crippen LogP contribution in [0.1, 0.15) is 5.56 Å². The summed E-state index contributed by atoms with van der Waals surface area (Å²) in [5, 5.41) is 3.48. The minimum absolute atomic E-state index is 0.0349. The van der Waals surface area contributed by atoms with Gasteiger partial charge in [-0.05, 0) is 23.8 Å². The predicted octanol–water partition coefficient (Wildman–Crippen LogP) is 1.87. The SMILES string of the molecule is O=C1N[C@@H]2C=C(OCc3ccc(Cl)cc3)[C@H]12. The number of carbonyl (C=O) groups is 1. The topological polar surface area (TPSA) is 38.3 Å². The van der Waals surface area contributed by atoms with Crippen LogP contribution >= 0.6 is 11.6 Å². The van der Waals surface area contributed by atoms with Crippen molar-refractivity contribution in [3.63, 3.8) is 0 Å². The molecule has 0 radical (unpaired) electrons. The molecule has 0 saturated carbocycles. The minimum Gasteiger partial charge on any atom is -0.493 e. The summed E-state index contributed by atoms with van der Waals surface area (Å²) in [6.45, 7) is 0.486. The second-order valence-electron chi connectivity index (χ2n) is 4.00. The van der Waals surface area contributed by atoms with Gasteiger partial charge >= 0.3 is 0 Å². The van der Waals surface area contributed by atoms with E-state index in [9.17, 15) is 4.79 Å². The third-order valence-electron chi connectivity index (χ3n) is 2.92. The third-order valence-corrected chi connectivity index (χ3v) is 3.17. The van der Waals surface area contributed by atoms with E-state index in [0.29, 0.717) is 11.6 Å². The quantitative estimate of drug-likeness (QED) is 0.813. The molecule has 4 heteroatoms. The van der Waals surface area contributed by atoms with E-state index < -0.39 is 0 Å². The van der Waals surface area contributed by atoms with Crippen molar-refractivity contribution in [2.75, 3.05) is 0 Å². The zero-order valence-corrected chi connectivity index (χ0v) is 9.20. The monoisotopic (exact) mass is 235 g/mol. The smallest absolute Gasteiger partial charge is 0.233 e. The van der Waals surface area contributed by atoms with Gasteiger partial charge in [-0.2, -0.15) is 0 Å². The summed E-state index contributed by atoms with van der Waals surface area (Å²) in [7, 11) is 0. The van der Waals surface area contributed by atoms with Gasteiger partial charge in [0.2, 0.25) is 5.91 Å². The van der Waals surface area contributed by atoms with Gasteiger partial charge in [-0.1, -0.05) is 23.7 Å². The Morgan fingerprint density at radius 2 is 2.06 bits per heavy atom. The molecule has 1 aromatic carbocycles. The molecule has 1 saturated heterocycles. The lowest BCUT2D eigenvalue weighted by atomic mass is 9.78. The van der Waals surface area contributed by atoms with Gasteiger partial charge in [0.15, 0.2) is 0 Å². The Morgan fingerprint density at radius 1 is 1.31 bits per heavy atom. The molecule has 16 heavy (non-hydrogen) atoms. The Balaban J connectivity index is 1.60. The maximum absolute atomic E-state index is 11.1. The molecule has 1 amide bonds. The number of amides is 1. The number of hydrogen-bond donors (Lipinski definition) is 1. The maximum Gasteiger partial charge on any atom is 0.233 e. The molecule has 1 aliphatic carbocycles. The van der Waals surface area contributed by atoms with Crippen LogP contribution in [0.25, 0.3) is 0 Å². The molecule has 2 atom stereocenters. The lowest BCUT2D eigenvalue weighted by Crippen LogP contribution is -2.63. The summed E-state index contributed by atoms with van der Waals surface area (Å²) < 4.78 is 5.57. The molecule has 1 heterocycles. The van der Waals surface area contributed by atoms with Crippen LogP contribution in [-0.4, -0.2) is 11.9 Å². The van der Waals surface area contributed by atoms with Crippen LogP contribution in [-0.2, 0) is 16.1 Å². The molecule has 1 fully saturated rings. The fourth-order valence-corrected chi connectivity index (χ4v) is 2.02. The molecule has 1 aromatic rings. The normalized spacial score (nSPS) is 25.8.